The Morgan fingerprint density at radius 3 is 2.65 bits per heavy atom. The van der Waals surface area contributed by atoms with Crippen LogP contribution in [-0.4, -0.2) is 28.9 Å². The third kappa shape index (κ3) is 4.04. The summed E-state index contributed by atoms with van der Waals surface area (Å²) < 4.78 is 5.45. The normalized spacial score (nSPS) is 20.0. The summed E-state index contributed by atoms with van der Waals surface area (Å²) in [7, 11) is 0. The predicted molar refractivity (Wildman–Crippen MR) is 97.3 cm³/mol. The molecular formula is C19H23N3O4. The fourth-order valence-corrected chi connectivity index (χ4v) is 3.57. The number of nitrogens with two attached hydrogens (primary N) is 1. The van der Waals surface area contributed by atoms with Crippen LogP contribution in [0.25, 0.3) is 10.8 Å². The Balaban J connectivity index is 1.60. The van der Waals surface area contributed by atoms with Gasteiger partial charge in [0.05, 0.1) is 6.26 Å². The molecule has 1 aliphatic rings. The maximum absolute atomic E-state index is 12.6. The van der Waals surface area contributed by atoms with E-state index in [2.05, 4.69) is 5.32 Å². The molecule has 2 aromatic rings. The topological polar surface area (TPSA) is 129 Å². The number of aliphatic carboxylic acids is 1. The van der Waals surface area contributed by atoms with Gasteiger partial charge >= 0.3 is 5.97 Å². The summed E-state index contributed by atoms with van der Waals surface area (Å²) >= 11 is 0. The van der Waals surface area contributed by atoms with Crippen LogP contribution < -0.4 is 11.1 Å². The molecule has 1 aliphatic carbocycles. The number of benzene rings is 1. The molecule has 1 heterocycles. The fraction of sp³-hybridized carbons (Fsp3) is 0.421. The molecule has 0 spiro atoms. The quantitative estimate of drug-likeness (QED) is 0.466. The number of nitrogens with one attached hydrogen (secondary N) is 2. The van der Waals surface area contributed by atoms with Crippen LogP contribution >= 0.6 is 0 Å². The van der Waals surface area contributed by atoms with Crippen LogP contribution in [-0.2, 0) is 4.79 Å². The van der Waals surface area contributed by atoms with Crippen LogP contribution in [0.4, 0.5) is 0 Å². The minimum atomic E-state index is -0.752. The zero-order chi connectivity index (χ0) is 18.7. The van der Waals surface area contributed by atoms with Crippen molar-refractivity contribution in [3.8, 4) is 0 Å². The molecule has 138 valence electrons. The van der Waals surface area contributed by atoms with Gasteiger partial charge in [-0.1, -0.05) is 6.07 Å². The van der Waals surface area contributed by atoms with E-state index >= 15 is 0 Å². The summed E-state index contributed by atoms with van der Waals surface area (Å²) in [6, 6.07) is 5.25. The van der Waals surface area contributed by atoms with Crippen molar-refractivity contribution in [1.29, 1.82) is 5.41 Å². The zero-order valence-corrected chi connectivity index (χ0v) is 14.5. The van der Waals surface area contributed by atoms with Crippen LogP contribution in [0, 0.1) is 11.3 Å². The van der Waals surface area contributed by atoms with Gasteiger partial charge in [0.2, 0.25) is 0 Å². The lowest BCUT2D eigenvalue weighted by atomic mass is 9.83. The first-order valence-electron chi connectivity index (χ1n) is 8.82. The van der Waals surface area contributed by atoms with E-state index in [-0.39, 0.29) is 30.0 Å². The lowest BCUT2D eigenvalue weighted by Crippen LogP contribution is -2.37. The summed E-state index contributed by atoms with van der Waals surface area (Å²) in [5.74, 6) is -0.335. The van der Waals surface area contributed by atoms with Crippen molar-refractivity contribution in [2.24, 2.45) is 11.7 Å². The van der Waals surface area contributed by atoms with Crippen LogP contribution in [0.15, 0.2) is 28.9 Å². The van der Waals surface area contributed by atoms with Gasteiger partial charge in [-0.05, 0) is 50.2 Å². The molecule has 0 aliphatic heterocycles. The van der Waals surface area contributed by atoms with Gasteiger partial charge in [-0.25, -0.2) is 0 Å². The molecule has 1 aromatic carbocycles. The maximum atomic E-state index is 12.6. The van der Waals surface area contributed by atoms with E-state index in [4.69, 9.17) is 20.7 Å². The minimum absolute atomic E-state index is 0.0289. The van der Waals surface area contributed by atoms with Crippen LogP contribution in [0.3, 0.4) is 0 Å². The molecule has 3 rings (SSSR count). The number of nitrogen functional groups attached to an aromatic ring is 1. The molecule has 0 unspecified atom stereocenters. The van der Waals surface area contributed by atoms with Crippen molar-refractivity contribution >= 4 is 28.5 Å². The van der Waals surface area contributed by atoms with E-state index in [1.54, 1.807) is 18.2 Å². The second-order valence-electron chi connectivity index (χ2n) is 6.90. The molecule has 1 saturated carbocycles. The summed E-state index contributed by atoms with van der Waals surface area (Å²) in [4.78, 5) is 23.2. The van der Waals surface area contributed by atoms with Crippen molar-refractivity contribution in [3.05, 3.63) is 35.8 Å². The number of carbonyl (C=O) groups is 2. The van der Waals surface area contributed by atoms with Crippen LogP contribution in [0.5, 0.6) is 0 Å². The van der Waals surface area contributed by atoms with Gasteiger partial charge in [-0.2, -0.15) is 0 Å². The summed E-state index contributed by atoms with van der Waals surface area (Å²) in [5.41, 5.74) is 6.07. The zero-order valence-electron chi connectivity index (χ0n) is 14.5. The van der Waals surface area contributed by atoms with Crippen molar-refractivity contribution in [1.82, 2.24) is 5.32 Å². The highest BCUT2D eigenvalue weighted by atomic mass is 16.4. The van der Waals surface area contributed by atoms with E-state index in [0.717, 1.165) is 31.1 Å². The summed E-state index contributed by atoms with van der Waals surface area (Å²) in [5, 5.41) is 20.7. The van der Waals surface area contributed by atoms with E-state index in [1.807, 2.05) is 0 Å². The Morgan fingerprint density at radius 1 is 1.27 bits per heavy atom. The number of carboxylic acid groups (broad SMARTS) is 1. The average molecular weight is 357 g/mol. The number of furan rings is 1. The highest BCUT2D eigenvalue weighted by Crippen LogP contribution is 2.29. The van der Waals surface area contributed by atoms with Crippen molar-refractivity contribution in [2.75, 3.05) is 0 Å². The molecule has 0 atom stereocenters. The molecule has 0 bridgehead atoms. The van der Waals surface area contributed by atoms with Gasteiger partial charge < -0.3 is 20.6 Å². The third-order valence-electron chi connectivity index (χ3n) is 5.07. The number of fused-ring (bicyclic) bond motifs is 1. The van der Waals surface area contributed by atoms with Gasteiger partial charge in [0.1, 0.15) is 5.84 Å². The van der Waals surface area contributed by atoms with E-state index < -0.39 is 5.97 Å². The van der Waals surface area contributed by atoms with Gasteiger partial charge in [-0.15, -0.1) is 0 Å². The first-order chi connectivity index (χ1) is 12.4. The standard InChI is InChI=1S/C19H23N3O4/c20-18(21)12-4-7-15-13(9-12)10-26-17(15)19(25)22-14-5-1-11(2-6-14)3-8-16(23)24/h4,7,9-11,14H,1-3,5-6,8H2,(H3,20,21)(H,22,25)(H,23,24). The molecule has 1 amide bonds. The molecular weight excluding hydrogens is 334 g/mol. The molecule has 7 nitrogen and oxygen atoms in total. The molecule has 1 fully saturated rings. The summed E-state index contributed by atoms with van der Waals surface area (Å²) in [6.07, 6.45) is 5.98. The fourth-order valence-electron chi connectivity index (χ4n) is 3.57. The Hall–Kier alpha value is -2.83. The van der Waals surface area contributed by atoms with E-state index in [1.165, 1.54) is 6.26 Å². The number of amides is 1. The van der Waals surface area contributed by atoms with Crippen molar-refractivity contribution in [2.45, 2.75) is 44.6 Å². The van der Waals surface area contributed by atoms with E-state index in [9.17, 15) is 9.59 Å². The number of hydrogen-bond donors (Lipinski definition) is 4. The Bertz CT molecular complexity index is 834. The first-order valence-corrected chi connectivity index (χ1v) is 8.82. The molecule has 26 heavy (non-hydrogen) atoms. The Morgan fingerprint density at radius 2 is 2.00 bits per heavy atom. The molecule has 1 aromatic heterocycles. The van der Waals surface area contributed by atoms with Crippen LogP contribution in [0.1, 0.15) is 54.6 Å². The Labute approximate surface area is 151 Å². The first kappa shape index (κ1) is 18.0. The molecule has 7 heteroatoms. The number of amidine groups is 1. The Kier molecular flexibility index (Phi) is 5.25. The smallest absolute Gasteiger partial charge is 0.303 e. The minimum Gasteiger partial charge on any atom is -0.481 e. The van der Waals surface area contributed by atoms with Gasteiger partial charge in [-0.3, -0.25) is 15.0 Å². The number of rotatable bonds is 6. The highest BCUT2D eigenvalue weighted by molar-refractivity contribution is 6.07. The van der Waals surface area contributed by atoms with Crippen LogP contribution in [0.2, 0.25) is 0 Å². The van der Waals surface area contributed by atoms with E-state index in [0.29, 0.717) is 23.3 Å². The van der Waals surface area contributed by atoms with Crippen molar-refractivity contribution < 1.29 is 19.1 Å². The predicted octanol–water partition coefficient (Wildman–Crippen LogP) is 2.87. The van der Waals surface area contributed by atoms with Gasteiger partial charge in [0.15, 0.2) is 5.76 Å². The number of carboxylic acids is 1. The molecule has 5 N–H and O–H groups in total. The lowest BCUT2D eigenvalue weighted by molar-refractivity contribution is -0.137. The lowest BCUT2D eigenvalue weighted by Gasteiger charge is -2.28. The second-order valence-corrected chi connectivity index (χ2v) is 6.90. The number of hydrogen-bond acceptors (Lipinski definition) is 4. The number of carbonyl (C=O) groups excluding carboxylic acids is 1. The highest BCUT2D eigenvalue weighted by Gasteiger charge is 2.25. The summed E-state index contributed by atoms with van der Waals surface area (Å²) in [6.45, 7) is 0. The largest absolute Gasteiger partial charge is 0.481 e. The average Bonchev–Trinajstić information content (AvgIpc) is 3.04. The van der Waals surface area contributed by atoms with Gasteiger partial charge in [0.25, 0.3) is 5.91 Å². The SMILES string of the molecule is N=C(N)c1ccc2c(C(=O)NC3CCC(CCC(=O)O)CC3)occ2c1. The molecule has 0 radical (unpaired) electrons. The van der Waals surface area contributed by atoms with Gasteiger partial charge in [0, 0.05) is 28.8 Å². The second kappa shape index (κ2) is 7.59. The van der Waals surface area contributed by atoms with Crippen molar-refractivity contribution in [3.63, 3.8) is 0 Å². The third-order valence-corrected chi connectivity index (χ3v) is 5.07. The monoisotopic (exact) mass is 357 g/mol. The maximum Gasteiger partial charge on any atom is 0.303 e. The molecule has 0 saturated heterocycles.